The number of benzene rings is 1. The Labute approximate surface area is 108 Å². The SMILES string of the molecule is Nc1cnn(CC(=O)n2ccc3c(N)cccc32)n1. The maximum atomic E-state index is 12.2. The van der Waals surface area contributed by atoms with E-state index >= 15 is 0 Å². The highest BCUT2D eigenvalue weighted by Gasteiger charge is 2.11. The van der Waals surface area contributed by atoms with Gasteiger partial charge in [0.1, 0.15) is 6.54 Å². The summed E-state index contributed by atoms with van der Waals surface area (Å²) in [7, 11) is 0. The van der Waals surface area contributed by atoms with Gasteiger partial charge in [-0.3, -0.25) is 9.36 Å². The minimum Gasteiger partial charge on any atom is -0.398 e. The predicted octanol–water partition coefficient (Wildman–Crippen LogP) is 0.738. The van der Waals surface area contributed by atoms with Crippen molar-refractivity contribution >= 4 is 28.3 Å². The van der Waals surface area contributed by atoms with Crippen LogP contribution >= 0.6 is 0 Å². The molecule has 0 aliphatic rings. The van der Waals surface area contributed by atoms with Gasteiger partial charge < -0.3 is 11.5 Å². The summed E-state index contributed by atoms with van der Waals surface area (Å²) >= 11 is 0. The molecule has 0 bridgehead atoms. The molecule has 2 heterocycles. The summed E-state index contributed by atoms with van der Waals surface area (Å²) in [6.45, 7) is 0.0236. The molecule has 0 fully saturated rings. The van der Waals surface area contributed by atoms with Gasteiger partial charge in [-0.15, -0.1) is 5.10 Å². The third kappa shape index (κ3) is 1.90. The molecular formula is C12H12N6O. The van der Waals surface area contributed by atoms with Crippen molar-refractivity contribution in [3.63, 3.8) is 0 Å². The quantitative estimate of drug-likeness (QED) is 0.658. The maximum absolute atomic E-state index is 12.2. The van der Waals surface area contributed by atoms with Gasteiger partial charge in [-0.25, -0.2) is 0 Å². The second-order valence-corrected chi connectivity index (χ2v) is 4.16. The Balaban J connectivity index is 1.96. The molecule has 0 unspecified atom stereocenters. The van der Waals surface area contributed by atoms with Crippen LogP contribution < -0.4 is 11.5 Å². The summed E-state index contributed by atoms with van der Waals surface area (Å²) < 4.78 is 1.53. The Morgan fingerprint density at radius 1 is 1.26 bits per heavy atom. The van der Waals surface area contributed by atoms with E-state index in [9.17, 15) is 4.79 Å². The first-order valence-electron chi connectivity index (χ1n) is 5.69. The number of carbonyl (C=O) groups is 1. The molecule has 96 valence electrons. The Bertz CT molecular complexity index is 757. The number of anilines is 2. The van der Waals surface area contributed by atoms with Crippen molar-refractivity contribution in [2.45, 2.75) is 6.54 Å². The van der Waals surface area contributed by atoms with Gasteiger partial charge in [0.2, 0.25) is 0 Å². The van der Waals surface area contributed by atoms with E-state index in [1.165, 1.54) is 15.6 Å². The van der Waals surface area contributed by atoms with Crippen LogP contribution in [0, 0.1) is 0 Å². The smallest absolute Gasteiger partial charge is 0.254 e. The standard InChI is InChI=1S/C12H12N6O/c13-9-2-1-3-10-8(9)4-5-17(10)12(19)7-18-15-6-11(14)16-18/h1-6H,7,13H2,(H2,14,16). The molecule has 3 rings (SSSR count). The number of rotatable bonds is 2. The van der Waals surface area contributed by atoms with Gasteiger partial charge >= 0.3 is 0 Å². The van der Waals surface area contributed by atoms with Crippen LogP contribution in [0.15, 0.2) is 36.7 Å². The zero-order valence-corrected chi connectivity index (χ0v) is 10.0. The predicted molar refractivity (Wildman–Crippen MR) is 71.4 cm³/mol. The van der Waals surface area contributed by atoms with E-state index in [2.05, 4.69) is 10.2 Å². The van der Waals surface area contributed by atoms with Gasteiger partial charge in [0.25, 0.3) is 5.91 Å². The minimum absolute atomic E-state index is 0.0236. The van der Waals surface area contributed by atoms with Crippen LogP contribution in [0.5, 0.6) is 0 Å². The van der Waals surface area contributed by atoms with E-state index in [1.54, 1.807) is 12.3 Å². The molecule has 0 spiro atoms. The zero-order chi connectivity index (χ0) is 13.4. The van der Waals surface area contributed by atoms with Crippen LogP contribution in [-0.4, -0.2) is 25.5 Å². The molecule has 4 N–H and O–H groups in total. The zero-order valence-electron chi connectivity index (χ0n) is 10.0. The maximum Gasteiger partial charge on any atom is 0.254 e. The van der Waals surface area contributed by atoms with Crippen molar-refractivity contribution in [2.24, 2.45) is 0 Å². The molecule has 7 heteroatoms. The van der Waals surface area contributed by atoms with Crippen molar-refractivity contribution in [2.75, 3.05) is 11.5 Å². The van der Waals surface area contributed by atoms with E-state index < -0.39 is 0 Å². The number of nitrogens with zero attached hydrogens (tertiary/aromatic N) is 4. The van der Waals surface area contributed by atoms with Crippen molar-refractivity contribution in [1.29, 1.82) is 0 Å². The van der Waals surface area contributed by atoms with Gasteiger partial charge in [-0.05, 0) is 18.2 Å². The van der Waals surface area contributed by atoms with Gasteiger partial charge in [0.05, 0.1) is 11.7 Å². The number of nitrogens with two attached hydrogens (primary N) is 2. The molecule has 0 radical (unpaired) electrons. The van der Waals surface area contributed by atoms with E-state index in [0.717, 1.165) is 10.9 Å². The topological polar surface area (TPSA) is 105 Å². The third-order valence-electron chi connectivity index (χ3n) is 2.87. The lowest BCUT2D eigenvalue weighted by atomic mass is 10.2. The summed E-state index contributed by atoms with van der Waals surface area (Å²) in [5.74, 6) is 0.130. The monoisotopic (exact) mass is 256 g/mol. The summed E-state index contributed by atoms with van der Waals surface area (Å²) in [4.78, 5) is 13.4. The summed E-state index contributed by atoms with van der Waals surface area (Å²) in [5, 5.41) is 8.62. The molecule has 0 saturated heterocycles. The van der Waals surface area contributed by atoms with Gasteiger partial charge in [-0.1, -0.05) is 6.07 Å². The van der Waals surface area contributed by atoms with Crippen LogP contribution in [0.4, 0.5) is 11.5 Å². The van der Waals surface area contributed by atoms with Crippen LogP contribution in [0.1, 0.15) is 4.79 Å². The molecule has 0 amide bonds. The lowest BCUT2D eigenvalue weighted by Crippen LogP contribution is -2.18. The van der Waals surface area contributed by atoms with Crippen LogP contribution in [0.3, 0.4) is 0 Å². The lowest BCUT2D eigenvalue weighted by Gasteiger charge is -2.04. The Morgan fingerprint density at radius 2 is 2.11 bits per heavy atom. The van der Waals surface area contributed by atoms with Crippen molar-refractivity contribution < 1.29 is 4.79 Å². The van der Waals surface area contributed by atoms with E-state index in [0.29, 0.717) is 5.69 Å². The first-order valence-corrected chi connectivity index (χ1v) is 5.69. The third-order valence-corrected chi connectivity index (χ3v) is 2.87. The lowest BCUT2D eigenvalue weighted by molar-refractivity contribution is 0.0886. The molecule has 3 aromatic rings. The van der Waals surface area contributed by atoms with E-state index in [1.807, 2.05) is 18.2 Å². The molecule has 19 heavy (non-hydrogen) atoms. The fraction of sp³-hybridized carbons (Fsp3) is 0.0833. The highest BCUT2D eigenvalue weighted by atomic mass is 16.2. The molecule has 1 aromatic carbocycles. The number of hydrogen-bond acceptors (Lipinski definition) is 5. The Kier molecular flexibility index (Phi) is 2.45. The summed E-state index contributed by atoms with van der Waals surface area (Å²) in [6, 6.07) is 7.26. The second-order valence-electron chi connectivity index (χ2n) is 4.16. The Morgan fingerprint density at radius 3 is 2.84 bits per heavy atom. The molecule has 7 nitrogen and oxygen atoms in total. The molecule has 2 aromatic heterocycles. The van der Waals surface area contributed by atoms with Gasteiger partial charge in [0, 0.05) is 17.3 Å². The number of aromatic nitrogens is 4. The van der Waals surface area contributed by atoms with Crippen molar-refractivity contribution in [1.82, 2.24) is 19.6 Å². The first-order chi connectivity index (χ1) is 9.15. The fourth-order valence-corrected chi connectivity index (χ4v) is 1.99. The van der Waals surface area contributed by atoms with Crippen molar-refractivity contribution in [3.8, 4) is 0 Å². The average Bonchev–Trinajstić information content (AvgIpc) is 2.96. The largest absolute Gasteiger partial charge is 0.398 e. The first kappa shape index (κ1) is 11.3. The molecule has 0 saturated carbocycles. The molecular weight excluding hydrogens is 244 g/mol. The summed E-state index contributed by atoms with van der Waals surface area (Å²) in [6.07, 6.45) is 3.09. The minimum atomic E-state index is -0.156. The van der Waals surface area contributed by atoms with E-state index in [4.69, 9.17) is 11.5 Å². The number of nitrogen functional groups attached to an aromatic ring is 2. The van der Waals surface area contributed by atoms with Crippen LogP contribution in [-0.2, 0) is 6.54 Å². The normalized spacial score (nSPS) is 10.9. The van der Waals surface area contributed by atoms with Crippen LogP contribution in [0.25, 0.3) is 10.9 Å². The number of carbonyl (C=O) groups excluding carboxylic acids is 1. The van der Waals surface area contributed by atoms with Gasteiger partial charge in [-0.2, -0.15) is 9.90 Å². The van der Waals surface area contributed by atoms with Crippen molar-refractivity contribution in [3.05, 3.63) is 36.7 Å². The van der Waals surface area contributed by atoms with E-state index in [-0.39, 0.29) is 18.3 Å². The highest BCUT2D eigenvalue weighted by molar-refractivity contribution is 5.97. The summed E-state index contributed by atoms with van der Waals surface area (Å²) in [5.41, 5.74) is 12.7. The number of fused-ring (bicyclic) bond motifs is 1. The molecule has 0 aliphatic heterocycles. The fourth-order valence-electron chi connectivity index (χ4n) is 1.99. The van der Waals surface area contributed by atoms with Gasteiger partial charge in [0.15, 0.2) is 5.82 Å². The van der Waals surface area contributed by atoms with Crippen LogP contribution in [0.2, 0.25) is 0 Å². The Hall–Kier alpha value is -2.83. The highest BCUT2D eigenvalue weighted by Crippen LogP contribution is 2.21. The molecule has 0 atom stereocenters. The molecule has 0 aliphatic carbocycles. The average molecular weight is 256 g/mol. The number of hydrogen-bond donors (Lipinski definition) is 2. The second kappa shape index (κ2) is 4.13.